The van der Waals surface area contributed by atoms with E-state index in [9.17, 15) is 22.8 Å². The van der Waals surface area contributed by atoms with Gasteiger partial charge in [0.2, 0.25) is 5.91 Å². The van der Waals surface area contributed by atoms with Crippen LogP contribution in [0.5, 0.6) is 0 Å². The maximum Gasteiger partial charge on any atom is 0.416 e. The van der Waals surface area contributed by atoms with Gasteiger partial charge in [0, 0.05) is 5.69 Å². The van der Waals surface area contributed by atoms with Crippen LogP contribution in [0.15, 0.2) is 24.3 Å². The van der Waals surface area contributed by atoms with Crippen molar-refractivity contribution in [3.63, 3.8) is 0 Å². The second kappa shape index (κ2) is 9.48. The third-order valence-electron chi connectivity index (χ3n) is 3.23. The van der Waals surface area contributed by atoms with Crippen molar-refractivity contribution in [3.05, 3.63) is 29.8 Å². The number of nitrogens with one attached hydrogen (secondary N) is 1. The highest BCUT2D eigenvalue weighted by Crippen LogP contribution is 2.30. The molecule has 1 atom stereocenters. The summed E-state index contributed by atoms with van der Waals surface area (Å²) in [5.41, 5.74) is -0.845. The molecular formula is C15H20ClF3N2O3. The molecule has 0 aliphatic carbocycles. The molecule has 2 N–H and O–H groups in total. The number of hydrogen-bond donors (Lipinski definition) is 2. The van der Waals surface area contributed by atoms with Gasteiger partial charge in [-0.05, 0) is 38.1 Å². The number of alkyl halides is 3. The Kier molecular flexibility index (Phi) is 8.77. The lowest BCUT2D eigenvalue weighted by Crippen LogP contribution is -2.44. The van der Waals surface area contributed by atoms with Crippen molar-refractivity contribution in [2.75, 3.05) is 18.4 Å². The van der Waals surface area contributed by atoms with Crippen LogP contribution in [0.2, 0.25) is 0 Å². The lowest BCUT2D eigenvalue weighted by atomic mass is 10.2. The summed E-state index contributed by atoms with van der Waals surface area (Å²) in [6, 6.07) is 3.52. The molecule has 136 valence electrons. The van der Waals surface area contributed by atoms with Crippen molar-refractivity contribution in [3.8, 4) is 0 Å². The molecule has 1 rings (SSSR count). The number of carboxylic acid groups (broad SMARTS) is 1. The molecule has 0 aliphatic heterocycles. The van der Waals surface area contributed by atoms with Crippen LogP contribution in [-0.2, 0) is 15.8 Å². The van der Waals surface area contributed by atoms with Crippen molar-refractivity contribution in [1.82, 2.24) is 4.90 Å². The van der Waals surface area contributed by atoms with Crippen LogP contribution >= 0.6 is 12.4 Å². The van der Waals surface area contributed by atoms with Gasteiger partial charge in [0.25, 0.3) is 0 Å². The number of nitrogens with zero attached hydrogens (tertiary/aromatic N) is 1. The standard InChI is InChI=1S/C15H19F3N2O3.ClH/c1-3-7-20(9-13(21)22)10(2)14(23)19-12-6-4-5-11(8-12)15(16,17)18;/h4-6,8,10H,3,7,9H2,1-2H3,(H,19,23)(H,21,22);1H. The maximum atomic E-state index is 12.6. The van der Waals surface area contributed by atoms with Gasteiger partial charge in [-0.2, -0.15) is 13.2 Å². The van der Waals surface area contributed by atoms with E-state index >= 15 is 0 Å². The minimum atomic E-state index is -4.50. The number of hydrogen-bond acceptors (Lipinski definition) is 3. The smallest absolute Gasteiger partial charge is 0.416 e. The first-order chi connectivity index (χ1) is 10.6. The number of carbonyl (C=O) groups is 2. The molecule has 0 radical (unpaired) electrons. The average Bonchev–Trinajstić information content (AvgIpc) is 2.45. The molecule has 0 heterocycles. The molecule has 0 aromatic heterocycles. The zero-order valence-electron chi connectivity index (χ0n) is 13.3. The monoisotopic (exact) mass is 368 g/mol. The van der Waals surface area contributed by atoms with E-state index in [0.717, 1.165) is 12.1 Å². The van der Waals surface area contributed by atoms with Gasteiger partial charge in [-0.3, -0.25) is 14.5 Å². The second-order valence-electron chi connectivity index (χ2n) is 5.11. The number of benzene rings is 1. The maximum absolute atomic E-state index is 12.6. The van der Waals surface area contributed by atoms with E-state index in [1.807, 2.05) is 6.92 Å². The first-order valence-corrected chi connectivity index (χ1v) is 7.09. The summed E-state index contributed by atoms with van der Waals surface area (Å²) >= 11 is 0. The minimum Gasteiger partial charge on any atom is -0.480 e. The molecule has 9 heteroatoms. The van der Waals surface area contributed by atoms with Crippen molar-refractivity contribution < 1.29 is 27.9 Å². The van der Waals surface area contributed by atoms with Gasteiger partial charge in [0.1, 0.15) is 0 Å². The van der Waals surface area contributed by atoms with Gasteiger partial charge in [0.15, 0.2) is 0 Å². The number of carbonyl (C=O) groups excluding carboxylic acids is 1. The molecule has 0 saturated carbocycles. The summed E-state index contributed by atoms with van der Waals surface area (Å²) in [5, 5.41) is 11.3. The van der Waals surface area contributed by atoms with Gasteiger partial charge in [0.05, 0.1) is 18.2 Å². The van der Waals surface area contributed by atoms with Crippen molar-refractivity contribution in [2.45, 2.75) is 32.5 Å². The van der Waals surface area contributed by atoms with Crippen LogP contribution in [0, 0.1) is 0 Å². The Labute approximate surface area is 144 Å². The SMILES string of the molecule is CCCN(CC(=O)O)C(C)C(=O)Nc1cccc(C(F)(F)F)c1.Cl. The fourth-order valence-electron chi connectivity index (χ4n) is 2.06. The summed E-state index contributed by atoms with van der Waals surface area (Å²) in [6.45, 7) is 3.43. The third kappa shape index (κ3) is 6.76. The largest absolute Gasteiger partial charge is 0.480 e. The Morgan fingerprint density at radius 3 is 2.46 bits per heavy atom. The topological polar surface area (TPSA) is 69.6 Å². The van der Waals surface area contributed by atoms with Crippen LogP contribution < -0.4 is 5.32 Å². The fraction of sp³-hybridized carbons (Fsp3) is 0.467. The lowest BCUT2D eigenvalue weighted by Gasteiger charge is -2.26. The number of carboxylic acids is 1. The molecule has 0 aliphatic rings. The summed E-state index contributed by atoms with van der Waals surface area (Å²) in [4.78, 5) is 24.4. The van der Waals surface area contributed by atoms with Crippen LogP contribution in [-0.4, -0.2) is 41.0 Å². The van der Waals surface area contributed by atoms with E-state index < -0.39 is 29.7 Å². The Balaban J connectivity index is 0.00000529. The molecule has 24 heavy (non-hydrogen) atoms. The van der Waals surface area contributed by atoms with E-state index in [0.29, 0.717) is 13.0 Å². The van der Waals surface area contributed by atoms with Crippen molar-refractivity contribution in [2.24, 2.45) is 0 Å². The summed E-state index contributed by atoms with van der Waals surface area (Å²) in [5.74, 6) is -1.63. The highest BCUT2D eigenvalue weighted by molar-refractivity contribution is 5.94. The van der Waals surface area contributed by atoms with Crippen LogP contribution in [0.1, 0.15) is 25.8 Å². The summed E-state index contributed by atoms with van der Waals surface area (Å²) in [7, 11) is 0. The van der Waals surface area contributed by atoms with E-state index in [1.54, 1.807) is 0 Å². The molecule has 1 aromatic carbocycles. The van der Waals surface area contributed by atoms with Crippen molar-refractivity contribution in [1.29, 1.82) is 0 Å². The molecule has 0 fully saturated rings. The zero-order valence-corrected chi connectivity index (χ0v) is 14.1. The van der Waals surface area contributed by atoms with E-state index in [2.05, 4.69) is 5.32 Å². The predicted octanol–water partition coefficient (Wildman–Crippen LogP) is 3.25. The lowest BCUT2D eigenvalue weighted by molar-refractivity contribution is -0.140. The van der Waals surface area contributed by atoms with Crippen LogP contribution in [0.4, 0.5) is 18.9 Å². The number of aliphatic carboxylic acids is 1. The minimum absolute atomic E-state index is 0. The van der Waals surface area contributed by atoms with Gasteiger partial charge in [-0.25, -0.2) is 0 Å². The number of rotatable bonds is 7. The molecule has 1 amide bonds. The van der Waals surface area contributed by atoms with Crippen molar-refractivity contribution >= 4 is 30.0 Å². The molecule has 0 saturated heterocycles. The summed E-state index contributed by atoms with van der Waals surface area (Å²) in [6.07, 6.45) is -3.85. The third-order valence-corrected chi connectivity index (χ3v) is 3.23. The predicted molar refractivity (Wildman–Crippen MR) is 86.3 cm³/mol. The highest BCUT2D eigenvalue weighted by Gasteiger charge is 2.30. The first kappa shape index (κ1) is 22.2. The quantitative estimate of drug-likeness (QED) is 0.775. The molecule has 5 nitrogen and oxygen atoms in total. The van der Waals surface area contributed by atoms with E-state index in [4.69, 9.17) is 5.11 Å². The molecule has 1 aromatic rings. The van der Waals surface area contributed by atoms with Gasteiger partial charge in [-0.1, -0.05) is 13.0 Å². The Morgan fingerprint density at radius 1 is 1.33 bits per heavy atom. The fourth-order valence-corrected chi connectivity index (χ4v) is 2.06. The van der Waals surface area contributed by atoms with Crippen LogP contribution in [0.25, 0.3) is 0 Å². The van der Waals surface area contributed by atoms with E-state index in [-0.39, 0.29) is 24.6 Å². The van der Waals surface area contributed by atoms with Gasteiger partial charge >= 0.3 is 12.1 Å². The average molecular weight is 369 g/mol. The number of amides is 1. The second-order valence-corrected chi connectivity index (χ2v) is 5.11. The summed E-state index contributed by atoms with van der Waals surface area (Å²) < 4.78 is 37.9. The first-order valence-electron chi connectivity index (χ1n) is 7.09. The van der Waals surface area contributed by atoms with Gasteiger partial charge < -0.3 is 10.4 Å². The number of anilines is 1. The highest BCUT2D eigenvalue weighted by atomic mass is 35.5. The Morgan fingerprint density at radius 2 is 1.96 bits per heavy atom. The molecule has 1 unspecified atom stereocenters. The molecule has 0 bridgehead atoms. The Hall–Kier alpha value is -1.80. The molecular weight excluding hydrogens is 349 g/mol. The molecule has 0 spiro atoms. The van der Waals surface area contributed by atoms with Crippen LogP contribution in [0.3, 0.4) is 0 Å². The number of halogens is 4. The Bertz CT molecular complexity index is 567. The van der Waals surface area contributed by atoms with Gasteiger partial charge in [-0.15, -0.1) is 12.4 Å². The zero-order chi connectivity index (χ0) is 17.6. The normalized spacial score (nSPS) is 12.4. The van der Waals surface area contributed by atoms with E-state index in [1.165, 1.54) is 24.0 Å².